The third kappa shape index (κ3) is 25.7. The minimum Gasteiger partial charge on any atom is -0.313 e. The Morgan fingerprint density at radius 3 is 0.815 bits per heavy atom. The van der Waals surface area contributed by atoms with E-state index in [0.717, 1.165) is 6.42 Å². The van der Waals surface area contributed by atoms with Crippen molar-refractivity contribution in [2.75, 3.05) is 0 Å². The third-order valence-electron chi connectivity index (χ3n) is 5.95. The lowest BCUT2D eigenvalue weighted by atomic mass is 10.0. The third-order valence-corrected chi connectivity index (χ3v) is 5.95. The van der Waals surface area contributed by atoms with Gasteiger partial charge >= 0.3 is 0 Å². The number of hydrogen-bond acceptors (Lipinski definition) is 1. The van der Waals surface area contributed by atoms with Gasteiger partial charge in [-0.15, -0.1) is 0 Å². The van der Waals surface area contributed by atoms with E-state index in [4.69, 9.17) is 5.41 Å². The van der Waals surface area contributed by atoms with Crippen LogP contribution in [0.4, 0.5) is 0 Å². The van der Waals surface area contributed by atoms with E-state index >= 15 is 0 Å². The zero-order valence-electron chi connectivity index (χ0n) is 19.0. The normalized spacial score (nSPS) is 11.1. The van der Waals surface area contributed by atoms with Gasteiger partial charge in [0.15, 0.2) is 0 Å². The van der Waals surface area contributed by atoms with E-state index < -0.39 is 0 Å². The summed E-state index contributed by atoms with van der Waals surface area (Å²) in [6, 6.07) is 0. The number of unbranched alkanes of at least 4 members (excludes halogenated alkanes) is 23. The molecule has 0 aromatic heterocycles. The number of hydrogen-bond donors (Lipinski definition) is 1. The van der Waals surface area contributed by atoms with Gasteiger partial charge in [0.25, 0.3) is 0 Å². The van der Waals surface area contributed by atoms with Crippen LogP contribution in [0.15, 0.2) is 0 Å². The van der Waals surface area contributed by atoms with Crippen molar-refractivity contribution in [1.82, 2.24) is 0 Å². The standard InChI is InChI=1S/C26H53N/c1-2-3-4-5-6-7-8-9-10-11-12-13-14-15-16-17-18-19-20-21-22-23-24-25-26-27/h26-27H,2-25H2,1H3. The van der Waals surface area contributed by atoms with Gasteiger partial charge in [0, 0.05) is 0 Å². The SMILES string of the molecule is CCCCCCCCCCCCCCCCCCCCCCCCCC=N. The maximum atomic E-state index is 7.00. The number of rotatable bonds is 24. The molecule has 0 fully saturated rings. The summed E-state index contributed by atoms with van der Waals surface area (Å²) in [5.74, 6) is 0. The highest BCUT2D eigenvalue weighted by Crippen LogP contribution is 2.15. The van der Waals surface area contributed by atoms with Gasteiger partial charge in [-0.25, -0.2) is 0 Å². The molecule has 0 rings (SSSR count). The van der Waals surface area contributed by atoms with Crippen LogP contribution in [0.5, 0.6) is 0 Å². The fourth-order valence-electron chi connectivity index (χ4n) is 4.03. The highest BCUT2D eigenvalue weighted by Gasteiger charge is 1.95. The Balaban J connectivity index is 2.96. The Hall–Kier alpha value is -0.330. The minimum atomic E-state index is 0.985. The van der Waals surface area contributed by atoms with Gasteiger partial charge in [-0.1, -0.05) is 148 Å². The van der Waals surface area contributed by atoms with Crippen LogP contribution < -0.4 is 0 Å². The van der Waals surface area contributed by atoms with Crippen molar-refractivity contribution in [2.45, 2.75) is 161 Å². The Morgan fingerprint density at radius 2 is 0.593 bits per heavy atom. The van der Waals surface area contributed by atoms with Crippen molar-refractivity contribution in [2.24, 2.45) is 0 Å². The molecule has 0 radical (unpaired) electrons. The topological polar surface area (TPSA) is 23.9 Å². The molecule has 1 nitrogen and oxygen atoms in total. The molecule has 0 heterocycles. The van der Waals surface area contributed by atoms with Crippen molar-refractivity contribution in [3.8, 4) is 0 Å². The summed E-state index contributed by atoms with van der Waals surface area (Å²) in [5, 5.41) is 7.00. The van der Waals surface area contributed by atoms with Crippen LogP contribution in [0.2, 0.25) is 0 Å². The van der Waals surface area contributed by atoms with Crippen LogP contribution in [0.25, 0.3) is 0 Å². The van der Waals surface area contributed by atoms with E-state index in [1.807, 2.05) is 0 Å². The second kappa shape index (κ2) is 25.7. The average molecular weight is 380 g/mol. The fourth-order valence-corrected chi connectivity index (χ4v) is 4.03. The second-order valence-electron chi connectivity index (χ2n) is 8.77. The van der Waals surface area contributed by atoms with Crippen molar-refractivity contribution < 1.29 is 0 Å². The lowest BCUT2D eigenvalue weighted by Gasteiger charge is -2.04. The summed E-state index contributed by atoms with van der Waals surface area (Å²) in [7, 11) is 0. The van der Waals surface area contributed by atoms with Crippen LogP contribution in [0.1, 0.15) is 161 Å². The van der Waals surface area contributed by atoms with Crippen LogP contribution >= 0.6 is 0 Å². The van der Waals surface area contributed by atoms with Crippen LogP contribution in [0, 0.1) is 5.41 Å². The van der Waals surface area contributed by atoms with Gasteiger partial charge in [-0.2, -0.15) is 0 Å². The van der Waals surface area contributed by atoms with E-state index in [1.54, 1.807) is 6.21 Å². The van der Waals surface area contributed by atoms with E-state index in [1.165, 1.54) is 148 Å². The van der Waals surface area contributed by atoms with Gasteiger partial charge < -0.3 is 5.41 Å². The predicted molar refractivity (Wildman–Crippen MR) is 125 cm³/mol. The molecule has 0 aromatic carbocycles. The van der Waals surface area contributed by atoms with E-state index in [9.17, 15) is 0 Å². The highest BCUT2D eigenvalue weighted by molar-refractivity contribution is 5.52. The molecule has 0 aliphatic rings. The van der Waals surface area contributed by atoms with Crippen LogP contribution in [-0.2, 0) is 0 Å². The molecule has 0 bridgehead atoms. The molecule has 0 amide bonds. The summed E-state index contributed by atoms with van der Waals surface area (Å²) in [5.41, 5.74) is 0. The molecule has 0 aliphatic heterocycles. The molecule has 0 saturated heterocycles. The average Bonchev–Trinajstić information content (AvgIpc) is 2.68. The van der Waals surface area contributed by atoms with Crippen molar-refractivity contribution >= 4 is 6.21 Å². The Morgan fingerprint density at radius 1 is 0.370 bits per heavy atom. The molecular weight excluding hydrogens is 326 g/mol. The Bertz CT molecular complexity index is 261. The molecule has 162 valence electrons. The molecule has 27 heavy (non-hydrogen) atoms. The zero-order valence-corrected chi connectivity index (χ0v) is 19.0. The van der Waals surface area contributed by atoms with Crippen molar-refractivity contribution in [3.63, 3.8) is 0 Å². The summed E-state index contributed by atoms with van der Waals surface area (Å²) < 4.78 is 0. The molecule has 0 unspecified atom stereocenters. The first-order valence-corrected chi connectivity index (χ1v) is 12.9. The van der Waals surface area contributed by atoms with Gasteiger partial charge in [0.1, 0.15) is 0 Å². The van der Waals surface area contributed by atoms with E-state index in [0.29, 0.717) is 0 Å². The smallest absolute Gasteiger partial charge is 0.00477 e. The van der Waals surface area contributed by atoms with E-state index in [2.05, 4.69) is 6.92 Å². The summed E-state index contributed by atoms with van der Waals surface area (Å²) in [6.07, 6.45) is 35.7. The van der Waals surface area contributed by atoms with E-state index in [-0.39, 0.29) is 0 Å². The summed E-state index contributed by atoms with van der Waals surface area (Å²) >= 11 is 0. The summed E-state index contributed by atoms with van der Waals surface area (Å²) in [6.45, 7) is 2.30. The molecular formula is C26H53N. The molecule has 1 N–H and O–H groups in total. The quantitative estimate of drug-likeness (QED) is 0.127. The second-order valence-corrected chi connectivity index (χ2v) is 8.77. The largest absolute Gasteiger partial charge is 0.313 e. The zero-order chi connectivity index (χ0) is 19.7. The van der Waals surface area contributed by atoms with Crippen molar-refractivity contribution in [3.05, 3.63) is 0 Å². The Kier molecular flexibility index (Phi) is 25.4. The van der Waals surface area contributed by atoms with Crippen LogP contribution in [0.3, 0.4) is 0 Å². The maximum absolute atomic E-state index is 7.00. The predicted octanol–water partition coefficient (Wildman–Crippen LogP) is 10.0. The molecule has 0 atom stereocenters. The first kappa shape index (κ1) is 26.7. The first-order valence-electron chi connectivity index (χ1n) is 12.9. The van der Waals surface area contributed by atoms with Gasteiger partial charge in [0.05, 0.1) is 0 Å². The van der Waals surface area contributed by atoms with Gasteiger partial charge in [-0.05, 0) is 19.1 Å². The minimum absolute atomic E-state index is 0.985. The molecule has 0 saturated carbocycles. The molecule has 0 aromatic rings. The molecule has 1 heteroatoms. The highest BCUT2D eigenvalue weighted by atomic mass is 14.3. The van der Waals surface area contributed by atoms with Crippen molar-refractivity contribution in [1.29, 1.82) is 5.41 Å². The molecule has 0 spiro atoms. The lowest BCUT2D eigenvalue weighted by Crippen LogP contribution is -1.84. The monoisotopic (exact) mass is 379 g/mol. The number of nitrogens with one attached hydrogen (secondary N) is 1. The van der Waals surface area contributed by atoms with Crippen LogP contribution in [-0.4, -0.2) is 6.21 Å². The van der Waals surface area contributed by atoms with Gasteiger partial charge in [-0.3, -0.25) is 0 Å². The Labute approximate surface area is 173 Å². The summed E-state index contributed by atoms with van der Waals surface area (Å²) in [4.78, 5) is 0. The maximum Gasteiger partial charge on any atom is -0.00477 e. The first-order chi connectivity index (χ1) is 13.4. The fraction of sp³-hybridized carbons (Fsp3) is 0.962. The lowest BCUT2D eigenvalue weighted by molar-refractivity contribution is 0.518. The molecule has 0 aliphatic carbocycles. The van der Waals surface area contributed by atoms with Gasteiger partial charge in [0.2, 0.25) is 0 Å².